The first kappa shape index (κ1) is 18.3. The van der Waals surface area contributed by atoms with E-state index in [2.05, 4.69) is 5.32 Å². The molecule has 0 spiro atoms. The molecule has 5 nitrogen and oxygen atoms in total. The fourth-order valence-electron chi connectivity index (χ4n) is 2.53. The minimum Gasteiger partial charge on any atom is -0.352 e. The number of nitrogens with one attached hydrogen (secondary N) is 1. The highest BCUT2D eigenvalue weighted by Gasteiger charge is 2.40. The molecule has 1 aromatic rings. The number of carbonyl (C=O) groups excluding carboxylic acids is 1. The van der Waals surface area contributed by atoms with Crippen LogP contribution in [0.4, 0.5) is 0 Å². The fourth-order valence-corrected chi connectivity index (χ4v) is 5.88. The van der Waals surface area contributed by atoms with Gasteiger partial charge in [0.1, 0.15) is 6.04 Å². The molecular weight excluding hydrogens is 332 g/mol. The Morgan fingerprint density at radius 1 is 1.43 bits per heavy atom. The van der Waals surface area contributed by atoms with Crippen LogP contribution in [0.2, 0.25) is 0 Å². The van der Waals surface area contributed by atoms with E-state index >= 15 is 0 Å². The third-order valence-corrected chi connectivity index (χ3v) is 7.25. The maximum atomic E-state index is 13.0. The molecule has 1 aliphatic rings. The zero-order valence-corrected chi connectivity index (χ0v) is 15.6. The van der Waals surface area contributed by atoms with Crippen molar-refractivity contribution < 1.29 is 13.2 Å². The monoisotopic (exact) mass is 356 g/mol. The van der Waals surface area contributed by atoms with Crippen LogP contribution in [-0.4, -0.2) is 42.3 Å². The van der Waals surface area contributed by atoms with Crippen LogP contribution in [0.15, 0.2) is 23.1 Å². The first-order valence-electron chi connectivity index (χ1n) is 7.74. The molecular formula is C16H24N2O3S2. The van der Waals surface area contributed by atoms with Crippen LogP contribution in [0, 0.1) is 13.8 Å². The Morgan fingerprint density at radius 3 is 2.74 bits per heavy atom. The largest absolute Gasteiger partial charge is 0.352 e. The van der Waals surface area contributed by atoms with Crippen LogP contribution >= 0.6 is 11.8 Å². The molecule has 23 heavy (non-hydrogen) atoms. The van der Waals surface area contributed by atoms with Crippen molar-refractivity contribution in [3.05, 3.63) is 29.3 Å². The second-order valence-corrected chi connectivity index (χ2v) is 8.85. The number of hydrogen-bond acceptors (Lipinski definition) is 4. The molecule has 0 aliphatic carbocycles. The molecule has 0 radical (unpaired) electrons. The lowest BCUT2D eigenvalue weighted by Gasteiger charge is -2.24. The van der Waals surface area contributed by atoms with Crippen LogP contribution in [0.1, 0.15) is 31.4 Å². The van der Waals surface area contributed by atoms with E-state index in [-0.39, 0.29) is 16.8 Å². The number of carbonyl (C=O) groups is 1. The van der Waals surface area contributed by atoms with Crippen LogP contribution in [0.5, 0.6) is 0 Å². The molecule has 2 rings (SSSR count). The Kier molecular flexibility index (Phi) is 5.75. The lowest BCUT2D eigenvalue weighted by Crippen LogP contribution is -2.49. The van der Waals surface area contributed by atoms with E-state index in [1.165, 1.54) is 16.1 Å². The first-order chi connectivity index (χ1) is 10.8. The molecule has 1 fully saturated rings. The van der Waals surface area contributed by atoms with Crippen molar-refractivity contribution in [2.24, 2.45) is 0 Å². The zero-order valence-electron chi connectivity index (χ0n) is 14.0. The van der Waals surface area contributed by atoms with E-state index in [0.717, 1.165) is 12.0 Å². The van der Waals surface area contributed by atoms with Gasteiger partial charge < -0.3 is 5.32 Å². The summed E-state index contributed by atoms with van der Waals surface area (Å²) >= 11 is 1.47. The highest BCUT2D eigenvalue weighted by molar-refractivity contribution is 8.00. The average Bonchev–Trinajstić information content (AvgIpc) is 2.96. The van der Waals surface area contributed by atoms with Crippen molar-refractivity contribution >= 4 is 27.7 Å². The molecule has 1 saturated heterocycles. The van der Waals surface area contributed by atoms with Gasteiger partial charge in [-0.2, -0.15) is 4.31 Å². The van der Waals surface area contributed by atoms with E-state index in [1.807, 2.05) is 26.8 Å². The molecule has 0 saturated carbocycles. The number of benzene rings is 1. The number of hydrogen-bond donors (Lipinski definition) is 1. The molecule has 1 N–H and O–H groups in total. The van der Waals surface area contributed by atoms with E-state index in [4.69, 9.17) is 0 Å². The topological polar surface area (TPSA) is 66.5 Å². The minimum absolute atomic E-state index is 0.0405. The summed E-state index contributed by atoms with van der Waals surface area (Å²) in [4.78, 5) is 12.7. The summed E-state index contributed by atoms with van der Waals surface area (Å²) in [5.41, 5.74) is 1.73. The van der Waals surface area contributed by atoms with Gasteiger partial charge in [0.15, 0.2) is 0 Å². The minimum atomic E-state index is -3.67. The van der Waals surface area contributed by atoms with Gasteiger partial charge in [-0.25, -0.2) is 8.42 Å². The standard InChI is InChI=1S/C16H24N2O3S2/c1-5-13(4)17-16(19)14-9-22-10-18(14)23(20,21)15-7-6-11(2)8-12(15)3/h6-8,13-14H,5,9-10H2,1-4H3,(H,17,19)/t13-,14+/m0/s1. The molecule has 2 atom stereocenters. The van der Waals surface area contributed by atoms with Gasteiger partial charge in [0.25, 0.3) is 0 Å². The third-order valence-electron chi connectivity index (χ3n) is 4.06. The van der Waals surface area contributed by atoms with Crippen LogP contribution in [0.3, 0.4) is 0 Å². The molecule has 0 bridgehead atoms. The van der Waals surface area contributed by atoms with Crippen LogP contribution < -0.4 is 5.32 Å². The van der Waals surface area contributed by atoms with E-state index in [1.54, 1.807) is 19.1 Å². The first-order valence-corrected chi connectivity index (χ1v) is 10.3. The molecule has 128 valence electrons. The Bertz CT molecular complexity index is 689. The Balaban J connectivity index is 2.29. The lowest BCUT2D eigenvalue weighted by molar-refractivity contribution is -0.124. The average molecular weight is 357 g/mol. The maximum Gasteiger partial charge on any atom is 0.244 e. The smallest absolute Gasteiger partial charge is 0.244 e. The molecule has 0 aromatic heterocycles. The molecule has 1 amide bonds. The SMILES string of the molecule is CC[C@H](C)NC(=O)[C@H]1CSCN1S(=O)(=O)c1ccc(C)cc1C. The number of nitrogens with zero attached hydrogens (tertiary/aromatic N) is 1. The highest BCUT2D eigenvalue weighted by Crippen LogP contribution is 2.30. The summed E-state index contributed by atoms with van der Waals surface area (Å²) in [6, 6.07) is 4.67. The van der Waals surface area contributed by atoms with Crippen molar-refractivity contribution in [3.63, 3.8) is 0 Å². The lowest BCUT2D eigenvalue weighted by atomic mass is 10.2. The number of sulfonamides is 1. The number of amides is 1. The van der Waals surface area contributed by atoms with Gasteiger partial charge in [0.05, 0.1) is 10.8 Å². The second-order valence-electron chi connectivity index (χ2n) is 5.99. The summed E-state index contributed by atoms with van der Waals surface area (Å²) in [5, 5.41) is 2.89. The van der Waals surface area contributed by atoms with E-state index < -0.39 is 16.1 Å². The van der Waals surface area contributed by atoms with Gasteiger partial charge in [-0.15, -0.1) is 11.8 Å². The molecule has 7 heteroatoms. The summed E-state index contributed by atoms with van der Waals surface area (Å²) < 4.78 is 27.3. The normalized spacial score (nSPS) is 20.4. The highest BCUT2D eigenvalue weighted by atomic mass is 32.2. The zero-order chi connectivity index (χ0) is 17.2. The van der Waals surface area contributed by atoms with Gasteiger partial charge >= 0.3 is 0 Å². The van der Waals surface area contributed by atoms with Crippen molar-refractivity contribution in [1.29, 1.82) is 0 Å². The molecule has 1 aromatic carbocycles. The summed E-state index contributed by atoms with van der Waals surface area (Å²) in [6.07, 6.45) is 0.815. The van der Waals surface area contributed by atoms with Crippen molar-refractivity contribution in [2.75, 3.05) is 11.6 Å². The van der Waals surface area contributed by atoms with Gasteiger partial charge in [0, 0.05) is 11.8 Å². The van der Waals surface area contributed by atoms with Crippen LogP contribution in [0.25, 0.3) is 0 Å². The number of rotatable bonds is 5. The quantitative estimate of drug-likeness (QED) is 0.879. The summed E-state index contributed by atoms with van der Waals surface area (Å²) in [5.74, 6) is 0.596. The predicted octanol–water partition coefficient (Wildman–Crippen LogP) is 2.28. The molecule has 0 unspecified atom stereocenters. The Labute approximate surface area is 142 Å². The number of aryl methyl sites for hydroxylation is 2. The fraction of sp³-hybridized carbons (Fsp3) is 0.562. The van der Waals surface area contributed by atoms with Crippen molar-refractivity contribution in [3.8, 4) is 0 Å². The molecule has 1 heterocycles. The third kappa shape index (κ3) is 3.89. The molecule has 1 aliphatic heterocycles. The summed E-state index contributed by atoms with van der Waals surface area (Å²) in [7, 11) is -3.67. The van der Waals surface area contributed by atoms with E-state index in [0.29, 0.717) is 17.2 Å². The van der Waals surface area contributed by atoms with Crippen LogP contribution in [-0.2, 0) is 14.8 Å². The van der Waals surface area contributed by atoms with Gasteiger partial charge in [0.2, 0.25) is 15.9 Å². The van der Waals surface area contributed by atoms with Crippen molar-refractivity contribution in [2.45, 2.75) is 51.1 Å². The number of thioether (sulfide) groups is 1. The van der Waals surface area contributed by atoms with E-state index in [9.17, 15) is 13.2 Å². The van der Waals surface area contributed by atoms with Gasteiger partial charge in [-0.1, -0.05) is 24.6 Å². The van der Waals surface area contributed by atoms with Gasteiger partial charge in [-0.05, 0) is 38.8 Å². The second kappa shape index (κ2) is 7.23. The Hall–Kier alpha value is -1.05. The van der Waals surface area contributed by atoms with Gasteiger partial charge in [-0.3, -0.25) is 4.79 Å². The Morgan fingerprint density at radius 2 is 2.13 bits per heavy atom. The summed E-state index contributed by atoms with van der Waals surface area (Å²) in [6.45, 7) is 7.62. The maximum absolute atomic E-state index is 13.0. The predicted molar refractivity (Wildman–Crippen MR) is 93.9 cm³/mol. The van der Waals surface area contributed by atoms with Crippen molar-refractivity contribution in [1.82, 2.24) is 9.62 Å².